The van der Waals surface area contributed by atoms with Gasteiger partial charge in [-0.2, -0.15) is 5.26 Å². The normalized spacial score (nSPS) is 15.0. The first-order valence-electron chi connectivity index (χ1n) is 5.34. The highest BCUT2D eigenvalue weighted by Crippen LogP contribution is 2.16. The number of rotatable bonds is 3. The van der Waals surface area contributed by atoms with Gasteiger partial charge >= 0.3 is 12.1 Å². The molecule has 92 valence electrons. The standard InChI is InChI=1S/C11H14N2O4/c12-4-1-7-17-10(14)8-9-2-5-13(6-3-9)11(15)16/h8H,1-3,5-7H2,(H,15,16). The Morgan fingerprint density at radius 2 is 2.12 bits per heavy atom. The van der Waals surface area contributed by atoms with Gasteiger partial charge < -0.3 is 14.7 Å². The average Bonchev–Trinajstić information content (AvgIpc) is 2.30. The summed E-state index contributed by atoms with van der Waals surface area (Å²) in [6, 6.07) is 1.88. The maximum absolute atomic E-state index is 11.3. The molecule has 0 aromatic rings. The van der Waals surface area contributed by atoms with Crippen LogP contribution in [0.3, 0.4) is 0 Å². The van der Waals surface area contributed by atoms with Gasteiger partial charge in [0.2, 0.25) is 0 Å². The smallest absolute Gasteiger partial charge is 0.407 e. The van der Waals surface area contributed by atoms with Crippen LogP contribution in [0.1, 0.15) is 19.3 Å². The van der Waals surface area contributed by atoms with Crippen molar-refractivity contribution in [2.24, 2.45) is 0 Å². The largest absolute Gasteiger partial charge is 0.465 e. The highest BCUT2D eigenvalue weighted by molar-refractivity contribution is 5.82. The maximum atomic E-state index is 11.3. The molecule has 1 aliphatic rings. The van der Waals surface area contributed by atoms with Crippen molar-refractivity contribution >= 4 is 12.1 Å². The lowest BCUT2D eigenvalue weighted by Crippen LogP contribution is -2.35. The van der Waals surface area contributed by atoms with E-state index in [1.807, 2.05) is 6.07 Å². The van der Waals surface area contributed by atoms with Gasteiger partial charge in [-0.3, -0.25) is 0 Å². The summed E-state index contributed by atoms with van der Waals surface area (Å²) in [7, 11) is 0. The van der Waals surface area contributed by atoms with Crippen molar-refractivity contribution in [2.75, 3.05) is 19.7 Å². The fourth-order valence-corrected chi connectivity index (χ4v) is 1.54. The molecule has 0 bridgehead atoms. The van der Waals surface area contributed by atoms with Crippen molar-refractivity contribution in [3.8, 4) is 6.07 Å². The van der Waals surface area contributed by atoms with Gasteiger partial charge in [0.1, 0.15) is 6.61 Å². The third kappa shape index (κ3) is 4.55. The summed E-state index contributed by atoms with van der Waals surface area (Å²) in [4.78, 5) is 23.2. The quantitative estimate of drug-likeness (QED) is 0.452. The lowest BCUT2D eigenvalue weighted by Gasteiger charge is -2.25. The van der Waals surface area contributed by atoms with E-state index in [9.17, 15) is 9.59 Å². The minimum absolute atomic E-state index is 0.0976. The lowest BCUT2D eigenvalue weighted by atomic mass is 10.0. The molecule has 1 aliphatic heterocycles. The van der Waals surface area contributed by atoms with E-state index in [2.05, 4.69) is 0 Å². The Bertz CT molecular complexity index is 360. The van der Waals surface area contributed by atoms with E-state index in [1.165, 1.54) is 11.0 Å². The third-order valence-corrected chi connectivity index (χ3v) is 2.46. The van der Waals surface area contributed by atoms with Crippen LogP contribution in [0.15, 0.2) is 11.6 Å². The molecule has 0 spiro atoms. The Morgan fingerprint density at radius 3 is 2.65 bits per heavy atom. The van der Waals surface area contributed by atoms with E-state index in [0.29, 0.717) is 25.9 Å². The molecule has 0 saturated carbocycles. The number of likely N-dealkylation sites (tertiary alicyclic amines) is 1. The molecular weight excluding hydrogens is 224 g/mol. The monoisotopic (exact) mass is 238 g/mol. The highest BCUT2D eigenvalue weighted by Gasteiger charge is 2.18. The molecule has 0 aromatic carbocycles. The number of ether oxygens (including phenoxy) is 1. The van der Waals surface area contributed by atoms with Crippen LogP contribution in [0, 0.1) is 11.3 Å². The van der Waals surface area contributed by atoms with E-state index < -0.39 is 12.1 Å². The topological polar surface area (TPSA) is 90.6 Å². The second-order valence-corrected chi connectivity index (χ2v) is 3.65. The number of esters is 1. The molecule has 1 amide bonds. The van der Waals surface area contributed by atoms with Crippen molar-refractivity contribution in [1.29, 1.82) is 5.26 Å². The molecule has 0 unspecified atom stereocenters. The molecule has 1 rings (SSSR count). The molecule has 6 heteroatoms. The predicted octanol–water partition coefficient (Wildman–Crippen LogP) is 1.14. The van der Waals surface area contributed by atoms with Crippen molar-refractivity contribution in [3.05, 3.63) is 11.6 Å². The maximum Gasteiger partial charge on any atom is 0.407 e. The van der Waals surface area contributed by atoms with E-state index in [1.54, 1.807) is 0 Å². The minimum Gasteiger partial charge on any atom is -0.465 e. The number of carbonyl (C=O) groups excluding carboxylic acids is 1. The summed E-state index contributed by atoms with van der Waals surface area (Å²) in [5, 5.41) is 17.0. The Hall–Kier alpha value is -2.03. The summed E-state index contributed by atoms with van der Waals surface area (Å²) in [5.74, 6) is -0.459. The van der Waals surface area contributed by atoms with Gasteiger partial charge in [0.15, 0.2) is 0 Å². The van der Waals surface area contributed by atoms with E-state index in [-0.39, 0.29) is 13.0 Å². The van der Waals surface area contributed by atoms with Gasteiger partial charge in [0.05, 0.1) is 12.5 Å². The second-order valence-electron chi connectivity index (χ2n) is 3.65. The molecule has 1 saturated heterocycles. The van der Waals surface area contributed by atoms with Gasteiger partial charge in [0, 0.05) is 19.2 Å². The van der Waals surface area contributed by atoms with Crippen LogP contribution in [0.5, 0.6) is 0 Å². The molecular formula is C11H14N2O4. The fourth-order valence-electron chi connectivity index (χ4n) is 1.54. The zero-order valence-electron chi connectivity index (χ0n) is 9.39. The molecule has 17 heavy (non-hydrogen) atoms. The number of carbonyl (C=O) groups is 2. The summed E-state index contributed by atoms with van der Waals surface area (Å²) < 4.78 is 4.79. The van der Waals surface area contributed by atoms with Gasteiger partial charge in [-0.05, 0) is 12.8 Å². The Kier molecular flexibility index (Phi) is 5.01. The number of nitriles is 1. The molecule has 1 fully saturated rings. The van der Waals surface area contributed by atoms with Crippen LogP contribution in [0.4, 0.5) is 4.79 Å². The molecule has 0 aliphatic carbocycles. The van der Waals surface area contributed by atoms with Crippen LogP contribution in [-0.4, -0.2) is 41.8 Å². The zero-order valence-corrected chi connectivity index (χ0v) is 9.39. The summed E-state index contributed by atoms with van der Waals surface area (Å²) in [6.45, 7) is 0.916. The molecule has 0 radical (unpaired) electrons. The number of piperidine rings is 1. The van der Waals surface area contributed by atoms with Gasteiger partial charge in [-0.15, -0.1) is 0 Å². The highest BCUT2D eigenvalue weighted by atomic mass is 16.5. The number of hydrogen-bond acceptors (Lipinski definition) is 4. The van der Waals surface area contributed by atoms with Crippen LogP contribution >= 0.6 is 0 Å². The van der Waals surface area contributed by atoms with Gasteiger partial charge in [0.25, 0.3) is 0 Å². The van der Waals surface area contributed by atoms with Crippen molar-refractivity contribution in [2.45, 2.75) is 19.3 Å². The van der Waals surface area contributed by atoms with E-state index in [4.69, 9.17) is 15.1 Å². The Balaban J connectivity index is 2.35. The predicted molar refractivity (Wildman–Crippen MR) is 58.1 cm³/mol. The van der Waals surface area contributed by atoms with Crippen LogP contribution in [0.25, 0.3) is 0 Å². The van der Waals surface area contributed by atoms with Crippen LogP contribution in [-0.2, 0) is 9.53 Å². The SMILES string of the molecule is N#CCCOC(=O)C=C1CCN(C(=O)O)CC1. The average molecular weight is 238 g/mol. The van der Waals surface area contributed by atoms with Crippen molar-refractivity contribution in [1.82, 2.24) is 4.90 Å². The van der Waals surface area contributed by atoms with Crippen molar-refractivity contribution in [3.63, 3.8) is 0 Å². The van der Waals surface area contributed by atoms with Gasteiger partial charge in [-0.1, -0.05) is 5.57 Å². The van der Waals surface area contributed by atoms with E-state index in [0.717, 1.165) is 5.57 Å². The fraction of sp³-hybridized carbons (Fsp3) is 0.545. The molecule has 1 heterocycles. The number of carboxylic acid groups (broad SMARTS) is 1. The number of nitrogens with zero attached hydrogens (tertiary/aromatic N) is 2. The molecule has 0 aromatic heterocycles. The number of amides is 1. The summed E-state index contributed by atoms with van der Waals surface area (Å²) in [5.41, 5.74) is 0.893. The van der Waals surface area contributed by atoms with Gasteiger partial charge in [-0.25, -0.2) is 9.59 Å². The first kappa shape index (κ1) is 13.0. The van der Waals surface area contributed by atoms with E-state index >= 15 is 0 Å². The van der Waals surface area contributed by atoms with Crippen molar-refractivity contribution < 1.29 is 19.4 Å². The molecule has 6 nitrogen and oxygen atoms in total. The number of hydrogen-bond donors (Lipinski definition) is 1. The Morgan fingerprint density at radius 1 is 1.47 bits per heavy atom. The zero-order chi connectivity index (χ0) is 12.7. The first-order chi connectivity index (χ1) is 8.13. The first-order valence-corrected chi connectivity index (χ1v) is 5.34. The Labute approximate surface area is 99.1 Å². The molecule has 0 atom stereocenters. The minimum atomic E-state index is -0.930. The summed E-state index contributed by atoms with van der Waals surface area (Å²) >= 11 is 0. The second kappa shape index (κ2) is 6.53. The third-order valence-electron chi connectivity index (χ3n) is 2.46. The van der Waals surface area contributed by atoms with Crippen LogP contribution in [0.2, 0.25) is 0 Å². The lowest BCUT2D eigenvalue weighted by molar-refractivity contribution is -0.137. The summed E-state index contributed by atoms with van der Waals surface area (Å²) in [6.07, 6.45) is 1.76. The molecule has 1 N–H and O–H groups in total. The van der Waals surface area contributed by atoms with Crippen LogP contribution < -0.4 is 0 Å².